The molecular weight excluding hydrogens is 1110 g/mol. The van der Waals surface area contributed by atoms with E-state index in [1.54, 1.807) is 0 Å². The first kappa shape index (κ1) is 53.2. The van der Waals surface area contributed by atoms with Crippen molar-refractivity contribution < 1.29 is 8.78 Å². The van der Waals surface area contributed by atoms with Crippen molar-refractivity contribution in [2.75, 3.05) is 0 Å². The Morgan fingerprint density at radius 1 is 0.267 bits per heavy atom. The number of nitriles is 1. The Hall–Kier alpha value is -12.3. The Morgan fingerprint density at radius 3 is 0.856 bits per heavy atom. The van der Waals surface area contributed by atoms with Gasteiger partial charge in [-0.05, 0) is 125 Å². The van der Waals surface area contributed by atoms with E-state index >= 15 is 8.78 Å². The standard InChI is InChI=1S/C81H49F2N7/c82-65-37-63(38-66(83)44-65)67-45-80(89-76-33-25-55(59-21-29-72(85-47-59)51-13-5-1-6-14-51)39-68(76)69-40-56(26-34-77(69)89)60-22-30-73(86-48-60)52-15-7-2-8-16-52)64(46-84)43-81(67)90-78-35-27-57(61-23-31-74(87-49-61)53-17-9-3-10-18-53)41-70(78)71-42-58(28-36-79(71)90)62-24-32-75(88-50-62)54-19-11-4-12-20-54/h1-45,47-50H. The van der Waals surface area contributed by atoms with Gasteiger partial charge in [0.2, 0.25) is 0 Å². The van der Waals surface area contributed by atoms with Crippen LogP contribution in [0.3, 0.4) is 0 Å². The highest BCUT2D eigenvalue weighted by atomic mass is 19.1. The van der Waals surface area contributed by atoms with E-state index in [0.29, 0.717) is 28.1 Å². The minimum atomic E-state index is -0.730. The van der Waals surface area contributed by atoms with E-state index in [4.69, 9.17) is 19.9 Å². The second-order valence-corrected chi connectivity index (χ2v) is 22.4. The molecule has 0 bridgehead atoms. The van der Waals surface area contributed by atoms with E-state index in [2.05, 4.69) is 112 Å². The number of aromatic nitrogens is 6. The third kappa shape index (κ3) is 9.62. The van der Waals surface area contributed by atoms with E-state index in [1.165, 1.54) is 12.1 Å². The van der Waals surface area contributed by atoms with E-state index in [1.807, 2.05) is 183 Å². The molecular formula is C81H49F2N7. The topological polar surface area (TPSA) is 85.2 Å². The third-order valence-corrected chi connectivity index (χ3v) is 17.1. The van der Waals surface area contributed by atoms with Crippen molar-refractivity contribution in [3.05, 3.63) is 315 Å². The lowest BCUT2D eigenvalue weighted by Crippen LogP contribution is -2.04. The van der Waals surface area contributed by atoms with Gasteiger partial charge < -0.3 is 9.13 Å². The number of hydrogen-bond donors (Lipinski definition) is 0. The molecule has 90 heavy (non-hydrogen) atoms. The number of rotatable bonds is 11. The van der Waals surface area contributed by atoms with Crippen molar-refractivity contribution in [1.29, 1.82) is 5.26 Å². The van der Waals surface area contributed by atoms with Crippen LogP contribution in [0.15, 0.2) is 298 Å². The first-order valence-electron chi connectivity index (χ1n) is 29.6. The van der Waals surface area contributed by atoms with Gasteiger partial charge in [0.15, 0.2) is 0 Å². The van der Waals surface area contributed by atoms with Crippen molar-refractivity contribution in [3.63, 3.8) is 0 Å². The number of hydrogen-bond acceptors (Lipinski definition) is 5. The molecule has 0 fully saturated rings. The smallest absolute Gasteiger partial charge is 0.126 e. The molecule has 16 aromatic rings. The van der Waals surface area contributed by atoms with Crippen LogP contribution in [0.25, 0.3) is 156 Å². The zero-order valence-electron chi connectivity index (χ0n) is 48.2. The van der Waals surface area contributed by atoms with Crippen LogP contribution in [0.2, 0.25) is 0 Å². The summed E-state index contributed by atoms with van der Waals surface area (Å²) in [5.41, 5.74) is 20.7. The molecule has 0 amide bonds. The molecule has 6 aromatic heterocycles. The Kier molecular flexibility index (Phi) is 13.2. The number of nitrogens with zero attached hydrogens (tertiary/aromatic N) is 7. The average Bonchev–Trinajstić information content (AvgIpc) is 1.60. The summed E-state index contributed by atoms with van der Waals surface area (Å²) >= 11 is 0. The number of fused-ring (bicyclic) bond motifs is 6. The fraction of sp³-hybridized carbons (Fsp3) is 0. The van der Waals surface area contributed by atoms with Crippen molar-refractivity contribution in [2.24, 2.45) is 0 Å². The quantitative estimate of drug-likeness (QED) is 0.129. The van der Waals surface area contributed by atoms with Crippen molar-refractivity contribution >= 4 is 43.6 Å². The second-order valence-electron chi connectivity index (χ2n) is 22.4. The summed E-state index contributed by atoms with van der Waals surface area (Å²) in [5, 5.41) is 15.4. The molecule has 6 heterocycles. The van der Waals surface area contributed by atoms with E-state index in [9.17, 15) is 5.26 Å². The molecule has 0 N–H and O–H groups in total. The Balaban J connectivity index is 0.900. The van der Waals surface area contributed by atoms with Gasteiger partial charge in [-0.1, -0.05) is 170 Å². The van der Waals surface area contributed by atoms with Gasteiger partial charge in [-0.15, -0.1) is 0 Å². The summed E-state index contributed by atoms with van der Waals surface area (Å²) in [7, 11) is 0. The zero-order chi connectivity index (χ0) is 60.2. The summed E-state index contributed by atoms with van der Waals surface area (Å²) in [6.07, 6.45) is 7.62. The van der Waals surface area contributed by atoms with Crippen molar-refractivity contribution in [1.82, 2.24) is 29.1 Å². The highest BCUT2D eigenvalue weighted by Crippen LogP contribution is 2.44. The fourth-order valence-electron chi connectivity index (χ4n) is 12.6. The number of pyridine rings is 4. The summed E-state index contributed by atoms with van der Waals surface area (Å²) in [5.74, 6) is -1.46. The van der Waals surface area contributed by atoms with Crippen molar-refractivity contribution in [3.8, 4) is 118 Å². The van der Waals surface area contributed by atoms with Gasteiger partial charge in [-0.2, -0.15) is 5.26 Å². The molecule has 0 saturated carbocycles. The third-order valence-electron chi connectivity index (χ3n) is 17.1. The molecule has 422 valence electrons. The maximum atomic E-state index is 15.9. The molecule has 0 unspecified atom stereocenters. The predicted molar refractivity (Wildman–Crippen MR) is 360 cm³/mol. The fourth-order valence-corrected chi connectivity index (χ4v) is 12.6. The van der Waals surface area contributed by atoms with Crippen LogP contribution < -0.4 is 0 Å². The van der Waals surface area contributed by atoms with Crippen LogP contribution in [0.4, 0.5) is 8.78 Å². The lowest BCUT2D eigenvalue weighted by molar-refractivity contribution is 0.584. The van der Waals surface area contributed by atoms with Gasteiger partial charge in [0.25, 0.3) is 0 Å². The Labute approximate surface area is 517 Å². The zero-order valence-corrected chi connectivity index (χ0v) is 48.2. The monoisotopic (exact) mass is 1160 g/mol. The van der Waals surface area contributed by atoms with Crippen LogP contribution in [0.1, 0.15) is 5.56 Å². The minimum absolute atomic E-state index is 0.300. The highest BCUT2D eigenvalue weighted by Gasteiger charge is 2.24. The number of halogens is 2. The van der Waals surface area contributed by atoms with E-state index in [0.717, 1.165) is 139 Å². The Morgan fingerprint density at radius 2 is 0.567 bits per heavy atom. The molecule has 0 aliphatic heterocycles. The summed E-state index contributed by atoms with van der Waals surface area (Å²) in [6, 6.07) is 92.3. The first-order valence-corrected chi connectivity index (χ1v) is 29.6. The van der Waals surface area contributed by atoms with E-state index < -0.39 is 11.6 Å². The number of benzene rings is 10. The highest BCUT2D eigenvalue weighted by molar-refractivity contribution is 6.14. The van der Waals surface area contributed by atoms with E-state index in [-0.39, 0.29) is 0 Å². The maximum Gasteiger partial charge on any atom is 0.126 e. The lowest BCUT2D eigenvalue weighted by Gasteiger charge is -2.19. The van der Waals surface area contributed by atoms with Gasteiger partial charge >= 0.3 is 0 Å². The van der Waals surface area contributed by atoms with Crippen LogP contribution >= 0.6 is 0 Å². The molecule has 0 aliphatic rings. The van der Waals surface area contributed by atoms with Crippen LogP contribution in [0, 0.1) is 23.0 Å². The second kappa shape index (κ2) is 22.2. The predicted octanol–water partition coefficient (Wildman–Crippen LogP) is 20.6. The molecule has 0 atom stereocenters. The molecule has 0 radical (unpaired) electrons. The first-order chi connectivity index (χ1) is 44.3. The SMILES string of the molecule is N#Cc1cc(-n2c3ccc(-c4ccc(-c5ccccc5)nc4)cc3c3cc(-c4ccc(-c5ccccc5)nc4)ccc32)c(-c2cc(F)cc(F)c2)cc1-n1c2ccc(-c3ccc(-c4ccccc4)nc3)cc2c2cc(-c3ccc(-c4ccccc4)nc3)ccc21. The normalized spacial score (nSPS) is 11.4. The molecule has 16 rings (SSSR count). The van der Waals surface area contributed by atoms with Crippen LogP contribution in [-0.2, 0) is 0 Å². The molecule has 0 spiro atoms. The maximum absolute atomic E-state index is 15.9. The van der Waals surface area contributed by atoms with Gasteiger partial charge in [0, 0.05) is 102 Å². The largest absolute Gasteiger partial charge is 0.309 e. The van der Waals surface area contributed by atoms with Gasteiger partial charge in [0.05, 0.1) is 61.8 Å². The lowest BCUT2D eigenvalue weighted by atomic mass is 9.98. The minimum Gasteiger partial charge on any atom is -0.309 e. The molecule has 10 aromatic carbocycles. The summed E-state index contributed by atoms with van der Waals surface area (Å²) in [4.78, 5) is 19.6. The van der Waals surface area contributed by atoms with Gasteiger partial charge in [0.1, 0.15) is 17.7 Å². The average molecular weight is 1160 g/mol. The molecule has 9 heteroatoms. The summed E-state index contributed by atoms with van der Waals surface area (Å²) in [6.45, 7) is 0. The van der Waals surface area contributed by atoms with Gasteiger partial charge in [-0.3, -0.25) is 19.9 Å². The Bertz CT molecular complexity index is 5150. The molecule has 7 nitrogen and oxygen atoms in total. The summed E-state index contributed by atoms with van der Waals surface area (Å²) < 4.78 is 36.1. The van der Waals surface area contributed by atoms with Crippen molar-refractivity contribution in [2.45, 2.75) is 0 Å². The van der Waals surface area contributed by atoms with Crippen LogP contribution in [0.5, 0.6) is 0 Å². The molecule has 0 aliphatic carbocycles. The van der Waals surface area contributed by atoms with Gasteiger partial charge in [-0.25, -0.2) is 8.78 Å². The van der Waals surface area contributed by atoms with Crippen LogP contribution in [-0.4, -0.2) is 29.1 Å². The molecule has 0 saturated heterocycles.